The lowest BCUT2D eigenvalue weighted by Gasteiger charge is -2.34. The van der Waals surface area contributed by atoms with E-state index in [1.54, 1.807) is 0 Å². The number of alkyl halides is 1. The standard InChI is InChI=1S/C15H30FN/c1-2-3-4-5-6-7-8-9-10-11-12-15(16)13-17-14-15/h17H,2-14H2,1H3. The van der Waals surface area contributed by atoms with Gasteiger partial charge < -0.3 is 5.32 Å². The fraction of sp³-hybridized carbons (Fsp3) is 1.00. The fourth-order valence-corrected chi connectivity index (χ4v) is 2.50. The summed E-state index contributed by atoms with van der Waals surface area (Å²) in [6, 6.07) is 0. The molecule has 1 nitrogen and oxygen atoms in total. The SMILES string of the molecule is CCCCCCCCCCCCC1(F)CNC1. The molecule has 0 aliphatic carbocycles. The van der Waals surface area contributed by atoms with Crippen LogP contribution in [0, 0.1) is 0 Å². The van der Waals surface area contributed by atoms with Gasteiger partial charge in [-0.2, -0.15) is 0 Å². The molecule has 1 saturated heterocycles. The van der Waals surface area contributed by atoms with Gasteiger partial charge in [0, 0.05) is 13.1 Å². The number of rotatable bonds is 11. The summed E-state index contributed by atoms with van der Waals surface area (Å²) < 4.78 is 13.6. The number of halogens is 1. The Morgan fingerprint density at radius 1 is 0.824 bits per heavy atom. The lowest BCUT2D eigenvalue weighted by molar-refractivity contribution is 0.0772. The molecule has 1 N–H and O–H groups in total. The van der Waals surface area contributed by atoms with Gasteiger partial charge in [0.2, 0.25) is 0 Å². The molecular formula is C15H30FN. The van der Waals surface area contributed by atoms with Crippen molar-refractivity contribution >= 4 is 0 Å². The normalized spacial score (nSPS) is 18.0. The van der Waals surface area contributed by atoms with Gasteiger partial charge in [0.25, 0.3) is 0 Å². The average molecular weight is 243 g/mol. The molecular weight excluding hydrogens is 213 g/mol. The Morgan fingerprint density at radius 3 is 1.71 bits per heavy atom. The Hall–Kier alpha value is -0.110. The first-order chi connectivity index (χ1) is 8.27. The van der Waals surface area contributed by atoms with E-state index in [4.69, 9.17) is 0 Å². The summed E-state index contributed by atoms with van der Waals surface area (Å²) in [5.74, 6) is 0. The van der Waals surface area contributed by atoms with Crippen molar-refractivity contribution in [3.8, 4) is 0 Å². The maximum atomic E-state index is 13.6. The predicted molar refractivity (Wildman–Crippen MR) is 73.2 cm³/mol. The van der Waals surface area contributed by atoms with E-state index in [-0.39, 0.29) is 0 Å². The minimum absolute atomic E-state index is 0.588. The molecule has 0 unspecified atom stereocenters. The summed E-state index contributed by atoms with van der Waals surface area (Å²) in [7, 11) is 0. The van der Waals surface area contributed by atoms with Gasteiger partial charge >= 0.3 is 0 Å². The third kappa shape index (κ3) is 7.03. The van der Waals surface area contributed by atoms with Crippen LogP contribution in [0.25, 0.3) is 0 Å². The van der Waals surface area contributed by atoms with E-state index in [0.717, 1.165) is 12.8 Å². The quantitative estimate of drug-likeness (QED) is 0.523. The third-order valence-electron chi connectivity index (χ3n) is 3.86. The van der Waals surface area contributed by atoms with Crippen molar-refractivity contribution in [2.24, 2.45) is 0 Å². The molecule has 1 aliphatic heterocycles. The van der Waals surface area contributed by atoms with Gasteiger partial charge in [-0.15, -0.1) is 0 Å². The lowest BCUT2D eigenvalue weighted by Crippen LogP contribution is -2.56. The lowest BCUT2D eigenvalue weighted by atomic mass is 9.92. The van der Waals surface area contributed by atoms with Crippen LogP contribution in [-0.2, 0) is 0 Å². The van der Waals surface area contributed by atoms with E-state index in [0.29, 0.717) is 13.1 Å². The Labute approximate surface area is 107 Å². The molecule has 1 rings (SSSR count). The fourth-order valence-electron chi connectivity index (χ4n) is 2.50. The molecule has 1 aliphatic rings. The number of hydrogen-bond acceptors (Lipinski definition) is 1. The molecule has 0 bridgehead atoms. The van der Waals surface area contributed by atoms with Crippen LogP contribution in [0.4, 0.5) is 4.39 Å². The molecule has 17 heavy (non-hydrogen) atoms. The molecule has 0 radical (unpaired) electrons. The average Bonchev–Trinajstić information content (AvgIpc) is 2.29. The predicted octanol–water partition coefficient (Wildman–Crippen LogP) is 4.61. The summed E-state index contributed by atoms with van der Waals surface area (Å²) >= 11 is 0. The largest absolute Gasteiger partial charge is 0.310 e. The van der Waals surface area contributed by atoms with E-state index < -0.39 is 5.67 Å². The summed E-state index contributed by atoms with van der Waals surface area (Å²) in [5.41, 5.74) is -0.847. The van der Waals surface area contributed by atoms with Gasteiger partial charge in [0.1, 0.15) is 5.67 Å². The van der Waals surface area contributed by atoms with Crippen LogP contribution in [0.3, 0.4) is 0 Å². The van der Waals surface area contributed by atoms with Gasteiger partial charge in [-0.3, -0.25) is 0 Å². The molecule has 0 aromatic carbocycles. The first kappa shape index (κ1) is 14.9. The zero-order chi connectivity index (χ0) is 12.4. The van der Waals surface area contributed by atoms with Crippen LogP contribution >= 0.6 is 0 Å². The Morgan fingerprint density at radius 2 is 1.29 bits per heavy atom. The second-order valence-electron chi connectivity index (χ2n) is 5.69. The van der Waals surface area contributed by atoms with Crippen LogP contribution in [-0.4, -0.2) is 18.8 Å². The molecule has 0 saturated carbocycles. The summed E-state index contributed by atoms with van der Waals surface area (Å²) in [5, 5.41) is 3.01. The van der Waals surface area contributed by atoms with Crippen LogP contribution in [0.2, 0.25) is 0 Å². The maximum absolute atomic E-state index is 13.6. The number of hydrogen-bond donors (Lipinski definition) is 1. The Kier molecular flexibility index (Phi) is 7.83. The van der Waals surface area contributed by atoms with E-state index >= 15 is 0 Å². The van der Waals surface area contributed by atoms with Crippen LogP contribution in [0.5, 0.6) is 0 Å². The van der Waals surface area contributed by atoms with E-state index in [1.165, 1.54) is 57.8 Å². The zero-order valence-electron chi connectivity index (χ0n) is 11.6. The van der Waals surface area contributed by atoms with E-state index in [2.05, 4.69) is 12.2 Å². The molecule has 0 atom stereocenters. The second-order valence-corrected chi connectivity index (χ2v) is 5.69. The van der Waals surface area contributed by atoms with Crippen molar-refractivity contribution in [3.05, 3.63) is 0 Å². The van der Waals surface area contributed by atoms with Crippen molar-refractivity contribution in [2.45, 2.75) is 83.2 Å². The zero-order valence-corrected chi connectivity index (χ0v) is 11.6. The highest BCUT2D eigenvalue weighted by Gasteiger charge is 2.35. The highest BCUT2D eigenvalue weighted by atomic mass is 19.1. The first-order valence-electron chi connectivity index (χ1n) is 7.66. The molecule has 0 amide bonds. The highest BCUT2D eigenvalue weighted by Crippen LogP contribution is 2.24. The number of nitrogens with one attached hydrogen (secondary N) is 1. The van der Waals surface area contributed by atoms with Crippen LogP contribution < -0.4 is 5.32 Å². The summed E-state index contributed by atoms with van der Waals surface area (Å²) in [6.45, 7) is 3.43. The molecule has 2 heteroatoms. The van der Waals surface area contributed by atoms with Crippen molar-refractivity contribution in [3.63, 3.8) is 0 Å². The van der Waals surface area contributed by atoms with Gasteiger partial charge in [-0.05, 0) is 6.42 Å². The molecule has 102 valence electrons. The smallest absolute Gasteiger partial charge is 0.135 e. The Bertz CT molecular complexity index is 178. The van der Waals surface area contributed by atoms with Crippen LogP contribution in [0.15, 0.2) is 0 Å². The van der Waals surface area contributed by atoms with Crippen molar-refractivity contribution in [1.82, 2.24) is 5.32 Å². The second kappa shape index (κ2) is 8.91. The molecule has 1 heterocycles. The topological polar surface area (TPSA) is 12.0 Å². The Balaban J connectivity index is 1.72. The van der Waals surface area contributed by atoms with Gasteiger partial charge in [-0.1, -0.05) is 71.1 Å². The minimum Gasteiger partial charge on any atom is -0.310 e. The molecule has 1 fully saturated rings. The summed E-state index contributed by atoms with van der Waals surface area (Å²) in [6.07, 6.45) is 14.1. The van der Waals surface area contributed by atoms with Gasteiger partial charge in [-0.25, -0.2) is 4.39 Å². The van der Waals surface area contributed by atoms with Crippen molar-refractivity contribution in [1.29, 1.82) is 0 Å². The first-order valence-corrected chi connectivity index (χ1v) is 7.66. The maximum Gasteiger partial charge on any atom is 0.135 e. The monoisotopic (exact) mass is 243 g/mol. The third-order valence-corrected chi connectivity index (χ3v) is 3.86. The summed E-state index contributed by atoms with van der Waals surface area (Å²) in [4.78, 5) is 0. The van der Waals surface area contributed by atoms with Crippen molar-refractivity contribution in [2.75, 3.05) is 13.1 Å². The molecule has 0 spiro atoms. The molecule has 0 aromatic rings. The highest BCUT2D eigenvalue weighted by molar-refractivity contribution is 4.92. The van der Waals surface area contributed by atoms with E-state index in [9.17, 15) is 4.39 Å². The van der Waals surface area contributed by atoms with Gasteiger partial charge in [0.15, 0.2) is 0 Å². The van der Waals surface area contributed by atoms with E-state index in [1.807, 2.05) is 0 Å². The van der Waals surface area contributed by atoms with Crippen LogP contribution in [0.1, 0.15) is 77.6 Å². The van der Waals surface area contributed by atoms with Crippen molar-refractivity contribution < 1.29 is 4.39 Å². The molecule has 0 aromatic heterocycles. The number of unbranched alkanes of at least 4 members (excludes halogenated alkanes) is 9. The van der Waals surface area contributed by atoms with Gasteiger partial charge in [0.05, 0.1) is 0 Å². The minimum atomic E-state index is -0.847.